The Kier molecular flexibility index (Phi) is 6.76. The minimum atomic E-state index is -0.499. The first-order valence-electron chi connectivity index (χ1n) is 13.9. The maximum atomic E-state index is 13.1. The summed E-state index contributed by atoms with van der Waals surface area (Å²) in [5.41, 5.74) is 2.94. The number of hydrogen-bond donors (Lipinski definition) is 0. The standard InChI is InChI=1S/C34H31NO5/c1-4-7-9-21-10-8-11-26-25(21)15-13-23-19-28(34(37)40-32(23)26)30-17-16-29(38-30)27-18-22-12-14-24(35(5-2)6-3)20-31(22)39-33(27)36/h8,10-20H,4-7,9H2,1-3H3. The van der Waals surface area contributed by atoms with Gasteiger partial charge in [-0.05, 0) is 74.0 Å². The van der Waals surface area contributed by atoms with Crippen molar-refractivity contribution in [1.82, 2.24) is 0 Å². The van der Waals surface area contributed by atoms with E-state index in [-0.39, 0.29) is 0 Å². The van der Waals surface area contributed by atoms with Crippen LogP contribution in [0.4, 0.5) is 5.69 Å². The van der Waals surface area contributed by atoms with Crippen molar-refractivity contribution in [2.75, 3.05) is 18.0 Å². The van der Waals surface area contributed by atoms with Crippen LogP contribution in [0.1, 0.15) is 39.2 Å². The molecule has 0 spiro atoms. The molecule has 0 amide bonds. The van der Waals surface area contributed by atoms with E-state index in [1.54, 1.807) is 24.3 Å². The van der Waals surface area contributed by atoms with Gasteiger partial charge < -0.3 is 18.2 Å². The van der Waals surface area contributed by atoms with Gasteiger partial charge in [0.25, 0.3) is 0 Å². The molecule has 6 nitrogen and oxygen atoms in total. The lowest BCUT2D eigenvalue weighted by molar-refractivity contribution is 0.544. The van der Waals surface area contributed by atoms with E-state index in [2.05, 4.69) is 37.8 Å². The van der Waals surface area contributed by atoms with Crippen LogP contribution in [0, 0.1) is 0 Å². The molecule has 6 rings (SSSR count). The van der Waals surface area contributed by atoms with Gasteiger partial charge in [-0.15, -0.1) is 0 Å². The maximum Gasteiger partial charge on any atom is 0.347 e. The number of fused-ring (bicyclic) bond motifs is 4. The third-order valence-electron chi connectivity index (χ3n) is 7.63. The third kappa shape index (κ3) is 4.49. The molecular formula is C34H31NO5. The van der Waals surface area contributed by atoms with Gasteiger partial charge in [-0.2, -0.15) is 0 Å². The average molecular weight is 534 g/mol. The number of hydrogen-bond acceptors (Lipinski definition) is 6. The highest BCUT2D eigenvalue weighted by molar-refractivity contribution is 6.05. The number of furan rings is 1. The second-order valence-electron chi connectivity index (χ2n) is 10.1. The van der Waals surface area contributed by atoms with Crippen molar-refractivity contribution >= 4 is 38.4 Å². The summed E-state index contributed by atoms with van der Waals surface area (Å²) in [5, 5.41) is 3.63. The van der Waals surface area contributed by atoms with Crippen molar-refractivity contribution in [3.8, 4) is 22.6 Å². The molecule has 0 radical (unpaired) electrons. The van der Waals surface area contributed by atoms with E-state index in [0.717, 1.165) is 59.6 Å². The summed E-state index contributed by atoms with van der Waals surface area (Å²) in [6, 6.07) is 23.0. The summed E-state index contributed by atoms with van der Waals surface area (Å²) in [6.45, 7) is 8.07. The van der Waals surface area contributed by atoms with Crippen molar-refractivity contribution in [2.45, 2.75) is 40.0 Å². The summed E-state index contributed by atoms with van der Waals surface area (Å²) in [5.74, 6) is 0.663. The Labute approximate surface area is 231 Å². The molecule has 202 valence electrons. The van der Waals surface area contributed by atoms with Gasteiger partial charge in [0.05, 0.1) is 0 Å². The number of aryl methyl sites for hydroxylation is 1. The van der Waals surface area contributed by atoms with E-state index in [9.17, 15) is 9.59 Å². The molecule has 0 bridgehead atoms. The molecule has 6 heteroatoms. The molecular weight excluding hydrogens is 502 g/mol. The molecule has 3 aromatic heterocycles. The fourth-order valence-corrected chi connectivity index (χ4v) is 5.44. The van der Waals surface area contributed by atoms with Gasteiger partial charge in [-0.1, -0.05) is 43.7 Å². The summed E-state index contributed by atoms with van der Waals surface area (Å²) >= 11 is 0. The normalized spacial score (nSPS) is 11.6. The van der Waals surface area contributed by atoms with Crippen molar-refractivity contribution in [3.63, 3.8) is 0 Å². The molecule has 0 aliphatic rings. The molecule has 0 aliphatic carbocycles. The lowest BCUT2D eigenvalue weighted by Gasteiger charge is -2.20. The molecule has 0 N–H and O–H groups in total. The van der Waals surface area contributed by atoms with Gasteiger partial charge in [0.1, 0.15) is 33.8 Å². The van der Waals surface area contributed by atoms with Crippen LogP contribution in [0.2, 0.25) is 0 Å². The zero-order valence-corrected chi connectivity index (χ0v) is 23.0. The highest BCUT2D eigenvalue weighted by Crippen LogP contribution is 2.32. The topological polar surface area (TPSA) is 76.8 Å². The zero-order valence-electron chi connectivity index (χ0n) is 23.0. The Morgan fingerprint density at radius 2 is 1.38 bits per heavy atom. The monoisotopic (exact) mass is 533 g/mol. The lowest BCUT2D eigenvalue weighted by atomic mass is 9.98. The molecule has 0 atom stereocenters. The first kappa shape index (κ1) is 25.7. The van der Waals surface area contributed by atoms with E-state index >= 15 is 0 Å². The van der Waals surface area contributed by atoms with Crippen LogP contribution in [0.5, 0.6) is 0 Å². The van der Waals surface area contributed by atoms with E-state index < -0.39 is 11.3 Å². The highest BCUT2D eigenvalue weighted by Gasteiger charge is 2.17. The van der Waals surface area contributed by atoms with Gasteiger partial charge in [0, 0.05) is 41.0 Å². The van der Waals surface area contributed by atoms with Crippen LogP contribution in [0.15, 0.2) is 95.6 Å². The fraction of sp³-hybridized carbons (Fsp3) is 0.235. The average Bonchev–Trinajstić information content (AvgIpc) is 3.45. The quantitative estimate of drug-likeness (QED) is 0.145. The van der Waals surface area contributed by atoms with E-state index in [4.69, 9.17) is 13.3 Å². The Morgan fingerprint density at radius 1 is 0.675 bits per heavy atom. The molecule has 0 unspecified atom stereocenters. The van der Waals surface area contributed by atoms with Crippen molar-refractivity contribution < 1.29 is 13.3 Å². The Balaban J connectivity index is 1.38. The van der Waals surface area contributed by atoms with Crippen LogP contribution in [0.3, 0.4) is 0 Å². The first-order chi connectivity index (χ1) is 19.5. The number of benzene rings is 3. The smallest absolute Gasteiger partial charge is 0.347 e. The van der Waals surface area contributed by atoms with Crippen LogP contribution >= 0.6 is 0 Å². The maximum absolute atomic E-state index is 13.1. The Morgan fingerprint density at radius 3 is 2.10 bits per heavy atom. The van der Waals surface area contributed by atoms with Gasteiger partial charge in [0.15, 0.2) is 0 Å². The largest absolute Gasteiger partial charge is 0.456 e. The molecule has 0 saturated heterocycles. The van der Waals surface area contributed by atoms with Crippen molar-refractivity contribution in [3.05, 3.63) is 99.2 Å². The van der Waals surface area contributed by atoms with E-state index in [0.29, 0.717) is 33.8 Å². The minimum Gasteiger partial charge on any atom is -0.456 e. The molecule has 40 heavy (non-hydrogen) atoms. The summed E-state index contributed by atoms with van der Waals surface area (Å²) in [4.78, 5) is 28.3. The highest BCUT2D eigenvalue weighted by atomic mass is 16.4. The first-order valence-corrected chi connectivity index (χ1v) is 13.9. The van der Waals surface area contributed by atoms with E-state index in [1.807, 2.05) is 36.4 Å². The Bertz CT molecular complexity index is 1970. The summed E-state index contributed by atoms with van der Waals surface area (Å²) in [7, 11) is 0. The van der Waals surface area contributed by atoms with Gasteiger partial charge >= 0.3 is 11.3 Å². The third-order valence-corrected chi connectivity index (χ3v) is 7.63. The predicted molar refractivity (Wildman–Crippen MR) is 161 cm³/mol. The number of nitrogens with zero attached hydrogens (tertiary/aromatic N) is 1. The second kappa shape index (κ2) is 10.5. The summed E-state index contributed by atoms with van der Waals surface area (Å²) in [6.07, 6.45) is 3.21. The predicted octanol–water partition coefficient (Wildman–Crippen LogP) is 8.17. The lowest BCUT2D eigenvalue weighted by Crippen LogP contribution is -2.21. The molecule has 3 heterocycles. The molecule has 0 fully saturated rings. The van der Waals surface area contributed by atoms with Gasteiger partial charge in [0.2, 0.25) is 0 Å². The van der Waals surface area contributed by atoms with Crippen LogP contribution in [-0.4, -0.2) is 13.1 Å². The summed E-state index contributed by atoms with van der Waals surface area (Å²) < 4.78 is 17.6. The molecule has 0 aliphatic heterocycles. The molecule has 3 aromatic carbocycles. The fourth-order valence-electron chi connectivity index (χ4n) is 5.44. The minimum absolute atomic E-state index is 0.296. The number of rotatable bonds is 8. The number of unbranched alkanes of at least 4 members (excludes halogenated alkanes) is 1. The van der Waals surface area contributed by atoms with E-state index in [1.165, 1.54) is 5.56 Å². The molecule has 6 aromatic rings. The van der Waals surface area contributed by atoms with Crippen molar-refractivity contribution in [1.29, 1.82) is 0 Å². The number of anilines is 1. The van der Waals surface area contributed by atoms with Crippen LogP contribution in [0.25, 0.3) is 55.4 Å². The molecule has 0 saturated carbocycles. The van der Waals surface area contributed by atoms with Gasteiger partial charge in [-0.3, -0.25) is 0 Å². The Hall–Kier alpha value is -4.58. The van der Waals surface area contributed by atoms with Crippen molar-refractivity contribution in [2.24, 2.45) is 0 Å². The van der Waals surface area contributed by atoms with Crippen LogP contribution in [-0.2, 0) is 6.42 Å². The zero-order chi connectivity index (χ0) is 27.8. The van der Waals surface area contributed by atoms with Gasteiger partial charge in [-0.25, -0.2) is 9.59 Å². The SMILES string of the molecule is CCCCc1cccc2c1ccc1cc(-c3ccc(-c4cc5ccc(N(CC)CC)cc5oc4=O)o3)c(=O)oc12. The second-order valence-corrected chi connectivity index (χ2v) is 10.1. The van der Waals surface area contributed by atoms with Crippen LogP contribution < -0.4 is 16.2 Å².